The smallest absolute Gasteiger partial charge is 0.163 e. The van der Waals surface area contributed by atoms with E-state index in [-0.39, 0.29) is 5.78 Å². The number of Topliss-reactive ketones (excluding diaryl/α,β-unsaturated/α-hetero) is 1. The van der Waals surface area contributed by atoms with Crippen LogP contribution in [-0.2, 0) is 0 Å². The summed E-state index contributed by atoms with van der Waals surface area (Å²) < 4.78 is 0. The predicted molar refractivity (Wildman–Crippen MR) is 101 cm³/mol. The minimum absolute atomic E-state index is 0.236. The normalized spacial score (nSPS) is 10.5. The molecule has 0 aliphatic carbocycles. The van der Waals surface area contributed by atoms with Crippen LogP contribution in [0, 0.1) is 0 Å². The highest BCUT2D eigenvalue weighted by Gasteiger charge is 2.11. The summed E-state index contributed by atoms with van der Waals surface area (Å²) in [4.78, 5) is 12.5. The summed E-state index contributed by atoms with van der Waals surface area (Å²) in [6, 6.07) is 26.7. The molecule has 0 heterocycles. The summed E-state index contributed by atoms with van der Waals surface area (Å²) >= 11 is 0. The van der Waals surface area contributed by atoms with Crippen molar-refractivity contribution in [3.8, 4) is 22.3 Å². The first-order valence-electron chi connectivity index (χ1n) is 8.57. The van der Waals surface area contributed by atoms with Gasteiger partial charge in [0.1, 0.15) is 0 Å². The Labute approximate surface area is 144 Å². The lowest BCUT2D eigenvalue weighted by Crippen LogP contribution is -2.01. The molecule has 0 aliphatic heterocycles. The van der Waals surface area contributed by atoms with Crippen molar-refractivity contribution in [1.82, 2.24) is 0 Å². The third-order valence-corrected chi connectivity index (χ3v) is 4.29. The quantitative estimate of drug-likeness (QED) is 0.481. The van der Waals surface area contributed by atoms with Crippen LogP contribution in [0.25, 0.3) is 22.3 Å². The second-order valence-corrected chi connectivity index (χ2v) is 6.02. The fourth-order valence-corrected chi connectivity index (χ4v) is 2.92. The molecule has 3 aromatic rings. The van der Waals surface area contributed by atoms with E-state index < -0.39 is 0 Å². The molecule has 0 amide bonds. The van der Waals surface area contributed by atoms with Gasteiger partial charge in [0.05, 0.1) is 0 Å². The Bertz CT molecular complexity index is 801. The first-order chi connectivity index (χ1) is 11.8. The van der Waals surface area contributed by atoms with E-state index in [0.717, 1.165) is 29.5 Å². The summed E-state index contributed by atoms with van der Waals surface area (Å²) in [6.45, 7) is 2.11. The van der Waals surface area contributed by atoms with Gasteiger partial charge >= 0.3 is 0 Å². The predicted octanol–water partition coefficient (Wildman–Crippen LogP) is 6.39. The number of carbonyl (C=O) groups is 1. The largest absolute Gasteiger partial charge is 0.294 e. The summed E-state index contributed by atoms with van der Waals surface area (Å²) in [7, 11) is 0. The summed E-state index contributed by atoms with van der Waals surface area (Å²) in [5.41, 5.74) is 5.34. The van der Waals surface area contributed by atoms with E-state index in [9.17, 15) is 4.79 Å². The Hall–Kier alpha value is -2.67. The Morgan fingerprint density at radius 3 is 2.00 bits per heavy atom. The van der Waals surface area contributed by atoms with E-state index in [1.165, 1.54) is 11.1 Å². The fourth-order valence-electron chi connectivity index (χ4n) is 2.92. The van der Waals surface area contributed by atoms with Crippen LogP contribution in [0.1, 0.15) is 36.5 Å². The SMILES string of the molecule is CCCCC(=O)c1ccccc1-c1ccc(-c2ccccc2)cc1. The van der Waals surface area contributed by atoms with Crippen LogP contribution in [-0.4, -0.2) is 5.78 Å². The van der Waals surface area contributed by atoms with Crippen molar-refractivity contribution in [3.05, 3.63) is 84.4 Å². The Morgan fingerprint density at radius 1 is 0.708 bits per heavy atom. The first-order valence-corrected chi connectivity index (χ1v) is 8.57. The van der Waals surface area contributed by atoms with Gasteiger partial charge in [0.25, 0.3) is 0 Å². The van der Waals surface area contributed by atoms with Crippen molar-refractivity contribution in [1.29, 1.82) is 0 Å². The Kier molecular flexibility index (Phi) is 5.22. The highest BCUT2D eigenvalue weighted by Crippen LogP contribution is 2.28. The molecular formula is C23H22O. The van der Waals surface area contributed by atoms with Gasteiger partial charge < -0.3 is 0 Å². The molecule has 3 aromatic carbocycles. The van der Waals surface area contributed by atoms with Crippen molar-refractivity contribution in [2.75, 3.05) is 0 Å². The van der Waals surface area contributed by atoms with Crippen LogP contribution in [0.4, 0.5) is 0 Å². The number of hydrogen-bond donors (Lipinski definition) is 0. The topological polar surface area (TPSA) is 17.1 Å². The third kappa shape index (κ3) is 3.62. The Morgan fingerprint density at radius 2 is 1.29 bits per heavy atom. The lowest BCUT2D eigenvalue weighted by atomic mass is 9.94. The number of ketones is 1. The van der Waals surface area contributed by atoms with Gasteiger partial charge in [-0.1, -0.05) is 92.2 Å². The van der Waals surface area contributed by atoms with Gasteiger partial charge in [0, 0.05) is 12.0 Å². The number of unbranched alkanes of at least 4 members (excludes halogenated alkanes) is 1. The molecule has 0 saturated heterocycles. The van der Waals surface area contributed by atoms with E-state index in [4.69, 9.17) is 0 Å². The van der Waals surface area contributed by atoms with E-state index >= 15 is 0 Å². The van der Waals surface area contributed by atoms with Gasteiger partial charge in [-0.2, -0.15) is 0 Å². The van der Waals surface area contributed by atoms with Crippen molar-refractivity contribution < 1.29 is 4.79 Å². The highest BCUT2D eigenvalue weighted by molar-refractivity contribution is 6.02. The maximum Gasteiger partial charge on any atom is 0.163 e. The molecular weight excluding hydrogens is 292 g/mol. The number of hydrogen-bond acceptors (Lipinski definition) is 1. The van der Waals surface area contributed by atoms with E-state index in [2.05, 4.69) is 43.3 Å². The third-order valence-electron chi connectivity index (χ3n) is 4.29. The van der Waals surface area contributed by atoms with Crippen molar-refractivity contribution in [3.63, 3.8) is 0 Å². The van der Waals surface area contributed by atoms with Gasteiger partial charge in [-0.25, -0.2) is 0 Å². The molecule has 0 saturated carbocycles. The van der Waals surface area contributed by atoms with E-state index in [0.29, 0.717) is 6.42 Å². The Balaban J connectivity index is 1.91. The van der Waals surface area contributed by atoms with Crippen LogP contribution in [0.5, 0.6) is 0 Å². The summed E-state index contributed by atoms with van der Waals surface area (Å²) in [5.74, 6) is 0.236. The fraction of sp³-hybridized carbons (Fsp3) is 0.174. The first kappa shape index (κ1) is 16.2. The lowest BCUT2D eigenvalue weighted by molar-refractivity contribution is 0.0980. The molecule has 0 aromatic heterocycles. The summed E-state index contributed by atoms with van der Waals surface area (Å²) in [5, 5.41) is 0. The maximum absolute atomic E-state index is 12.5. The number of rotatable bonds is 6. The molecule has 0 radical (unpaired) electrons. The van der Waals surface area contributed by atoms with Gasteiger partial charge in [-0.05, 0) is 28.7 Å². The monoisotopic (exact) mass is 314 g/mol. The second-order valence-electron chi connectivity index (χ2n) is 6.02. The van der Waals surface area contributed by atoms with Crippen molar-refractivity contribution in [2.24, 2.45) is 0 Å². The molecule has 0 spiro atoms. The second kappa shape index (κ2) is 7.74. The van der Waals surface area contributed by atoms with E-state index in [1.54, 1.807) is 0 Å². The van der Waals surface area contributed by atoms with E-state index in [1.807, 2.05) is 42.5 Å². The molecule has 0 aliphatic rings. The van der Waals surface area contributed by atoms with Crippen LogP contribution >= 0.6 is 0 Å². The van der Waals surface area contributed by atoms with Gasteiger partial charge in [0.2, 0.25) is 0 Å². The standard InChI is InChI=1S/C23H22O/c1-2-3-13-23(24)22-12-8-7-11-21(22)20-16-14-19(15-17-20)18-9-5-4-6-10-18/h4-12,14-17H,2-3,13H2,1H3. The molecule has 0 bridgehead atoms. The maximum atomic E-state index is 12.5. The zero-order chi connectivity index (χ0) is 16.8. The molecule has 0 atom stereocenters. The molecule has 24 heavy (non-hydrogen) atoms. The molecule has 1 heteroatoms. The number of benzene rings is 3. The molecule has 120 valence electrons. The van der Waals surface area contributed by atoms with Crippen molar-refractivity contribution in [2.45, 2.75) is 26.2 Å². The minimum Gasteiger partial charge on any atom is -0.294 e. The molecule has 3 rings (SSSR count). The average Bonchev–Trinajstić information content (AvgIpc) is 2.67. The zero-order valence-corrected chi connectivity index (χ0v) is 14.0. The van der Waals surface area contributed by atoms with Crippen molar-refractivity contribution >= 4 is 5.78 Å². The van der Waals surface area contributed by atoms with Crippen LogP contribution in [0.2, 0.25) is 0 Å². The zero-order valence-electron chi connectivity index (χ0n) is 14.0. The molecule has 1 nitrogen and oxygen atoms in total. The minimum atomic E-state index is 0.236. The van der Waals surface area contributed by atoms with Crippen LogP contribution < -0.4 is 0 Å². The molecule has 0 fully saturated rings. The average molecular weight is 314 g/mol. The van der Waals surface area contributed by atoms with Gasteiger partial charge in [0.15, 0.2) is 5.78 Å². The lowest BCUT2D eigenvalue weighted by Gasteiger charge is -2.10. The molecule has 0 unspecified atom stereocenters. The molecule has 0 N–H and O–H groups in total. The number of carbonyl (C=O) groups excluding carboxylic acids is 1. The highest BCUT2D eigenvalue weighted by atomic mass is 16.1. The summed E-state index contributed by atoms with van der Waals surface area (Å²) in [6.07, 6.45) is 2.61. The van der Waals surface area contributed by atoms with Crippen LogP contribution in [0.3, 0.4) is 0 Å². The van der Waals surface area contributed by atoms with Crippen LogP contribution in [0.15, 0.2) is 78.9 Å². The van der Waals surface area contributed by atoms with Gasteiger partial charge in [-0.15, -0.1) is 0 Å². The van der Waals surface area contributed by atoms with Gasteiger partial charge in [-0.3, -0.25) is 4.79 Å².